The van der Waals surface area contributed by atoms with E-state index in [0.717, 1.165) is 73.7 Å². The molecular weight excluding hydrogens is 723 g/mol. The number of hydrogen-bond acceptors (Lipinski definition) is 8. The molecule has 53 heavy (non-hydrogen) atoms. The Balaban J connectivity index is 1.27. The largest absolute Gasteiger partial charge is 0.491 e. The predicted octanol–water partition coefficient (Wildman–Crippen LogP) is 8.68. The third-order valence-electron chi connectivity index (χ3n) is 10.7. The minimum atomic E-state index is -1.14. The number of benzene rings is 2. The molecule has 0 spiro atoms. The Kier molecular flexibility index (Phi) is 13.9. The van der Waals surface area contributed by atoms with Crippen LogP contribution in [-0.4, -0.2) is 50.0 Å². The monoisotopic (exact) mass is 775 g/mol. The lowest BCUT2D eigenvalue weighted by atomic mass is 9.96. The Morgan fingerprint density at radius 3 is 2.40 bits per heavy atom. The number of amides is 1. The first-order valence-electron chi connectivity index (χ1n) is 19.7. The van der Waals surface area contributed by atoms with Gasteiger partial charge in [-0.25, -0.2) is 0 Å². The lowest BCUT2D eigenvalue weighted by molar-refractivity contribution is -0.137. The molecule has 0 radical (unpaired) electrons. The maximum absolute atomic E-state index is 13.8. The molecule has 2 atom stereocenters. The number of carbonyl (C=O) groups is 2. The van der Waals surface area contributed by atoms with Crippen molar-refractivity contribution in [2.45, 2.75) is 129 Å². The highest BCUT2D eigenvalue weighted by molar-refractivity contribution is 8.30. The number of carboxylic acids is 1. The lowest BCUT2D eigenvalue weighted by Gasteiger charge is -2.29. The van der Waals surface area contributed by atoms with Gasteiger partial charge < -0.3 is 14.7 Å². The van der Waals surface area contributed by atoms with Gasteiger partial charge in [-0.2, -0.15) is 0 Å². The molecule has 1 saturated carbocycles. The Morgan fingerprint density at radius 1 is 0.925 bits per heavy atom. The van der Waals surface area contributed by atoms with E-state index in [-0.39, 0.29) is 5.91 Å². The van der Waals surface area contributed by atoms with E-state index >= 15 is 0 Å². The van der Waals surface area contributed by atoms with Crippen LogP contribution in [0, 0.1) is 0 Å². The molecule has 2 aliphatic heterocycles. The van der Waals surface area contributed by atoms with Crippen LogP contribution in [0.2, 0.25) is 0 Å². The van der Waals surface area contributed by atoms with Gasteiger partial charge in [0, 0.05) is 24.2 Å². The van der Waals surface area contributed by atoms with Crippen molar-refractivity contribution in [1.29, 1.82) is 0 Å². The molecule has 1 aromatic heterocycles. The number of carbonyl (C=O) groups excluding carboxylic acids is 1. The first kappa shape index (κ1) is 39.3. The Bertz CT molecular complexity index is 1970. The number of hydrogen-bond donors (Lipinski definition) is 1. The lowest BCUT2D eigenvalue weighted by Crippen LogP contribution is -2.35. The van der Waals surface area contributed by atoms with Crippen molar-refractivity contribution in [2.75, 3.05) is 18.1 Å². The molecule has 6 rings (SSSR count). The minimum Gasteiger partial charge on any atom is -0.491 e. The molecule has 284 valence electrons. The summed E-state index contributed by atoms with van der Waals surface area (Å²) in [5.74, 6) is -0.0978. The fraction of sp³-hybridized carbons (Fsp3) is 0.524. The van der Waals surface area contributed by atoms with Gasteiger partial charge in [0.15, 0.2) is 0 Å². The van der Waals surface area contributed by atoms with Gasteiger partial charge in [0.1, 0.15) is 26.2 Å². The van der Waals surface area contributed by atoms with E-state index in [1.807, 2.05) is 18.2 Å². The number of ether oxygens (including phenoxy) is 1. The average molecular weight is 776 g/mol. The Morgan fingerprint density at radius 2 is 1.64 bits per heavy atom. The number of aliphatic carboxylic acids is 1. The molecule has 2 aromatic carbocycles. The molecule has 3 heterocycles. The molecule has 1 amide bonds. The average Bonchev–Trinajstić information content (AvgIpc) is 3.89. The first-order chi connectivity index (χ1) is 25.8. The first-order valence-corrected chi connectivity index (χ1v) is 21.7. The molecule has 11 heteroatoms. The van der Waals surface area contributed by atoms with Gasteiger partial charge in [-0.3, -0.25) is 23.9 Å². The molecular formula is C42H53N3O5S3. The fourth-order valence-corrected chi connectivity index (χ4v) is 10.6. The molecule has 0 bridgehead atoms. The Labute approximate surface area is 326 Å². The number of fused-ring (bicyclic) bond motifs is 3. The second-order valence-corrected chi connectivity index (χ2v) is 17.2. The van der Waals surface area contributed by atoms with Crippen molar-refractivity contribution in [3.63, 3.8) is 0 Å². The molecule has 2 fully saturated rings. The zero-order valence-electron chi connectivity index (χ0n) is 31.1. The number of carboxylic acid groups (broad SMARTS) is 1. The van der Waals surface area contributed by atoms with E-state index < -0.39 is 18.1 Å². The number of thiazole rings is 1. The van der Waals surface area contributed by atoms with Crippen LogP contribution in [0.4, 0.5) is 11.4 Å². The number of nitrogens with zero attached hydrogens (tertiary/aromatic N) is 3. The molecule has 1 aliphatic carbocycles. The second kappa shape index (κ2) is 18.8. The van der Waals surface area contributed by atoms with Crippen LogP contribution < -0.4 is 24.4 Å². The number of anilines is 2. The van der Waals surface area contributed by atoms with Crippen molar-refractivity contribution < 1.29 is 19.4 Å². The number of para-hydroxylation sites is 2. The summed E-state index contributed by atoms with van der Waals surface area (Å²) in [6.45, 7) is 5.14. The molecule has 2 unspecified atom stereocenters. The van der Waals surface area contributed by atoms with Gasteiger partial charge >= 0.3 is 5.97 Å². The second-order valence-electron chi connectivity index (χ2n) is 14.5. The quantitative estimate of drug-likeness (QED) is 0.0956. The molecule has 1 N–H and O–H groups in total. The van der Waals surface area contributed by atoms with E-state index in [2.05, 4.69) is 49.1 Å². The van der Waals surface area contributed by atoms with Crippen LogP contribution in [0.1, 0.15) is 127 Å². The van der Waals surface area contributed by atoms with Gasteiger partial charge in [0.05, 0.1) is 16.8 Å². The van der Waals surface area contributed by atoms with Crippen molar-refractivity contribution in [1.82, 2.24) is 9.47 Å². The normalized spacial score (nSPS) is 19.4. The van der Waals surface area contributed by atoms with Gasteiger partial charge in [-0.15, -0.1) is 11.3 Å². The summed E-state index contributed by atoms with van der Waals surface area (Å²) in [7, 11) is 0. The minimum absolute atomic E-state index is 0.248. The van der Waals surface area contributed by atoms with Crippen molar-refractivity contribution in [3.05, 3.63) is 73.1 Å². The number of thioether (sulfide) groups is 1. The predicted molar refractivity (Wildman–Crippen MR) is 222 cm³/mol. The highest BCUT2D eigenvalue weighted by Crippen LogP contribution is 2.54. The highest BCUT2D eigenvalue weighted by atomic mass is 32.2. The van der Waals surface area contributed by atoms with Gasteiger partial charge in [0.25, 0.3) is 11.5 Å². The van der Waals surface area contributed by atoms with Crippen LogP contribution in [0.25, 0.3) is 11.0 Å². The van der Waals surface area contributed by atoms with Gasteiger partial charge in [0.2, 0.25) is 0 Å². The number of aromatic nitrogens is 1. The van der Waals surface area contributed by atoms with Crippen LogP contribution in [0.15, 0.2) is 47.3 Å². The van der Waals surface area contributed by atoms with Crippen molar-refractivity contribution >= 4 is 73.9 Å². The van der Waals surface area contributed by atoms with Crippen molar-refractivity contribution in [2.24, 2.45) is 0 Å². The summed E-state index contributed by atoms with van der Waals surface area (Å²) in [4.78, 5) is 43.8. The van der Waals surface area contributed by atoms with Gasteiger partial charge in [-0.1, -0.05) is 127 Å². The van der Waals surface area contributed by atoms with E-state index in [1.165, 1.54) is 78.5 Å². The molecule has 3 aromatic rings. The summed E-state index contributed by atoms with van der Waals surface area (Å²) in [6, 6.07) is 15.1. The van der Waals surface area contributed by atoms with Crippen LogP contribution in [0.3, 0.4) is 0 Å². The summed E-state index contributed by atoms with van der Waals surface area (Å²) in [5, 5.41) is 9.75. The maximum Gasteiger partial charge on any atom is 0.323 e. The molecule has 8 nitrogen and oxygen atoms in total. The van der Waals surface area contributed by atoms with Crippen LogP contribution >= 0.6 is 35.3 Å². The van der Waals surface area contributed by atoms with E-state index in [1.54, 1.807) is 4.90 Å². The standard InChI is InChI=1S/C42H53N3O5S3/c1-3-5-7-9-11-15-24-43-40(49)38(53-42(43)51)41-44(28-37(46)47)39(48)36(52-41)27-29-22-23-33-31(26-29)30-18-17-20-32(30)45(33)34-19-13-14-21-35(34)50-25-16-12-10-8-6-4-2/h13-14,19,21-23,26-27,30,32H,3-12,15-18,20,24-25,28H2,1-2H3,(H,46,47)/b36-27-,41-38+. The number of thiocarbonyl (C=S) groups is 1. The van der Waals surface area contributed by atoms with E-state index in [9.17, 15) is 19.5 Å². The van der Waals surface area contributed by atoms with Gasteiger partial charge in [-0.05, 0) is 67.2 Å². The molecule has 3 aliphatic rings. The Hall–Kier alpha value is -3.41. The zero-order chi connectivity index (χ0) is 37.3. The smallest absolute Gasteiger partial charge is 0.323 e. The highest BCUT2D eigenvalue weighted by Gasteiger charge is 2.43. The summed E-state index contributed by atoms with van der Waals surface area (Å²) in [6.07, 6.45) is 19.1. The molecule has 1 saturated heterocycles. The maximum atomic E-state index is 13.8. The number of rotatable bonds is 19. The summed E-state index contributed by atoms with van der Waals surface area (Å²) in [5.41, 5.74) is 4.01. The van der Waals surface area contributed by atoms with E-state index in [0.29, 0.717) is 43.5 Å². The summed E-state index contributed by atoms with van der Waals surface area (Å²) < 4.78 is 8.84. The fourth-order valence-electron chi connectivity index (χ4n) is 8.01. The third kappa shape index (κ3) is 9.11. The third-order valence-corrected chi connectivity index (χ3v) is 13.4. The summed E-state index contributed by atoms with van der Waals surface area (Å²) >= 11 is 7.93. The van der Waals surface area contributed by atoms with Crippen LogP contribution in [0.5, 0.6) is 5.75 Å². The SMILES string of the molecule is CCCCCCCCOc1ccccc1N1c2ccc(/C=c3\s/c(=C4/SC(=S)N(CCCCCCCC)C4=O)n(CC(=O)O)c3=O)cc2C2CCCC21. The van der Waals surface area contributed by atoms with Crippen LogP contribution in [-0.2, 0) is 16.1 Å². The topological polar surface area (TPSA) is 92.1 Å². The van der Waals surface area contributed by atoms with Crippen molar-refractivity contribution in [3.8, 4) is 5.75 Å². The van der Waals surface area contributed by atoms with E-state index in [4.69, 9.17) is 17.0 Å². The zero-order valence-corrected chi connectivity index (χ0v) is 33.6. The number of unbranched alkanes of at least 4 members (excludes halogenated alkanes) is 10.